The van der Waals surface area contributed by atoms with Gasteiger partial charge in [-0.3, -0.25) is 9.88 Å². The number of hydrogen-bond acceptors (Lipinski definition) is 5. The number of nitrogens with zero attached hydrogens (tertiary/aromatic N) is 2. The highest BCUT2D eigenvalue weighted by molar-refractivity contribution is 7.90. The molecule has 31 heavy (non-hydrogen) atoms. The summed E-state index contributed by atoms with van der Waals surface area (Å²) in [5.74, 6) is 0. The summed E-state index contributed by atoms with van der Waals surface area (Å²) in [5, 5.41) is -0.644. The fourth-order valence-corrected chi connectivity index (χ4v) is 5.72. The first kappa shape index (κ1) is 24.3. The van der Waals surface area contributed by atoms with E-state index < -0.39 is 15.3 Å². The quantitative estimate of drug-likeness (QED) is 0.591. The summed E-state index contributed by atoms with van der Waals surface area (Å²) in [7, 11) is -3.35. The largest absolute Gasteiger partial charge is 0.293 e. The van der Waals surface area contributed by atoms with Gasteiger partial charge in [0.2, 0.25) is 10.0 Å². The lowest BCUT2D eigenvalue weighted by molar-refractivity contribution is 0.128. The van der Waals surface area contributed by atoms with Gasteiger partial charge in [0.25, 0.3) is 0 Å². The molecule has 1 saturated heterocycles. The number of halogens is 1. The zero-order chi connectivity index (χ0) is 22.9. The summed E-state index contributed by atoms with van der Waals surface area (Å²) in [6, 6.07) is 7.49. The lowest BCUT2D eigenvalue weighted by atomic mass is 9.82. The second-order valence-corrected chi connectivity index (χ2v) is 13.0. The molecule has 1 fully saturated rings. The van der Waals surface area contributed by atoms with Crippen molar-refractivity contribution >= 4 is 21.4 Å². The van der Waals surface area contributed by atoms with Crippen LogP contribution in [0.25, 0.3) is 0 Å². The molecule has 0 amide bonds. The fraction of sp³-hybridized carbons (Fsp3) is 0.609. The molecule has 1 N–H and O–H groups in total. The molecule has 0 radical (unpaired) electrons. The first-order valence-corrected chi connectivity index (χ1v) is 13.2. The zero-order valence-corrected chi connectivity index (χ0v) is 20.7. The first-order valence-electron chi connectivity index (χ1n) is 10.8. The minimum atomic E-state index is -3.35. The number of thiophene rings is 1. The number of rotatable bonds is 9. The second-order valence-electron chi connectivity index (χ2n) is 9.54. The van der Waals surface area contributed by atoms with Gasteiger partial charge in [0.1, 0.15) is 0 Å². The molecule has 5 nitrogen and oxygen atoms in total. The lowest BCUT2D eigenvalue weighted by Gasteiger charge is -2.38. The molecular weight excluding hydrogens is 433 g/mol. The number of aromatic nitrogens is 1. The monoisotopic (exact) mass is 467 g/mol. The molecule has 1 unspecified atom stereocenters. The molecule has 172 valence electrons. The SMILES string of the molecule is Cc1ccc(C(C)(C)N2CCC(CCc3ccc(F)s3)(CNS(=O)(=O)C(C)C)C2)cn1. The van der Waals surface area contributed by atoms with Gasteiger partial charge >= 0.3 is 0 Å². The van der Waals surface area contributed by atoms with E-state index in [0.717, 1.165) is 48.5 Å². The Balaban J connectivity index is 1.80. The van der Waals surface area contributed by atoms with Crippen molar-refractivity contribution in [2.75, 3.05) is 19.6 Å². The summed E-state index contributed by atoms with van der Waals surface area (Å²) in [6.07, 6.45) is 4.39. The lowest BCUT2D eigenvalue weighted by Crippen LogP contribution is -2.45. The van der Waals surface area contributed by atoms with Gasteiger partial charge in [0, 0.05) is 35.4 Å². The van der Waals surface area contributed by atoms with E-state index in [0.29, 0.717) is 6.54 Å². The number of hydrogen-bond donors (Lipinski definition) is 1. The highest BCUT2D eigenvalue weighted by atomic mass is 32.2. The molecule has 8 heteroatoms. The molecular formula is C23H34FN3O2S2. The molecule has 0 spiro atoms. The van der Waals surface area contributed by atoms with Crippen molar-refractivity contribution in [1.82, 2.24) is 14.6 Å². The summed E-state index contributed by atoms with van der Waals surface area (Å²) in [4.78, 5) is 7.90. The first-order chi connectivity index (χ1) is 14.4. The van der Waals surface area contributed by atoms with Crippen molar-refractivity contribution in [2.45, 2.75) is 64.7 Å². The highest BCUT2D eigenvalue weighted by Gasteiger charge is 2.44. The van der Waals surface area contributed by atoms with Crippen LogP contribution in [0.15, 0.2) is 30.5 Å². The molecule has 3 heterocycles. The van der Waals surface area contributed by atoms with Gasteiger partial charge < -0.3 is 0 Å². The van der Waals surface area contributed by atoms with Crippen LogP contribution in [0.2, 0.25) is 0 Å². The Kier molecular flexibility index (Phi) is 7.25. The van der Waals surface area contributed by atoms with E-state index in [2.05, 4.69) is 34.5 Å². The molecule has 0 aliphatic carbocycles. The van der Waals surface area contributed by atoms with Crippen molar-refractivity contribution < 1.29 is 12.8 Å². The molecule has 1 aliphatic rings. The van der Waals surface area contributed by atoms with E-state index in [1.807, 2.05) is 25.3 Å². The maximum atomic E-state index is 13.5. The van der Waals surface area contributed by atoms with Crippen LogP contribution in [0.1, 0.15) is 56.7 Å². The Labute approximate surface area is 190 Å². The normalized spacial score (nSPS) is 20.6. The number of nitrogens with one attached hydrogen (secondary N) is 1. The fourth-order valence-electron chi connectivity index (χ4n) is 4.16. The van der Waals surface area contributed by atoms with Crippen molar-refractivity contribution in [3.8, 4) is 0 Å². The molecule has 3 rings (SSSR count). The zero-order valence-electron chi connectivity index (χ0n) is 19.1. The number of aryl methyl sites for hydroxylation is 2. The van der Waals surface area contributed by atoms with Crippen LogP contribution in [0.5, 0.6) is 0 Å². The smallest absolute Gasteiger partial charge is 0.213 e. The molecule has 2 aromatic rings. The Morgan fingerprint density at radius 2 is 2.03 bits per heavy atom. The maximum absolute atomic E-state index is 13.5. The van der Waals surface area contributed by atoms with Crippen LogP contribution >= 0.6 is 11.3 Å². The van der Waals surface area contributed by atoms with Crippen molar-refractivity contribution in [1.29, 1.82) is 0 Å². The van der Waals surface area contributed by atoms with E-state index in [4.69, 9.17) is 0 Å². The van der Waals surface area contributed by atoms with E-state index in [1.165, 1.54) is 17.4 Å². The van der Waals surface area contributed by atoms with E-state index in [-0.39, 0.29) is 16.1 Å². The van der Waals surface area contributed by atoms with Gasteiger partial charge in [-0.05, 0) is 89.6 Å². The second kappa shape index (κ2) is 9.25. The Morgan fingerprint density at radius 1 is 1.29 bits per heavy atom. The molecule has 2 aromatic heterocycles. The third kappa shape index (κ3) is 5.72. The van der Waals surface area contributed by atoms with Crippen LogP contribution in [0, 0.1) is 17.5 Å². The van der Waals surface area contributed by atoms with Gasteiger partial charge in [0.15, 0.2) is 5.13 Å². The summed E-state index contributed by atoms with van der Waals surface area (Å²) in [5.41, 5.74) is 1.73. The third-order valence-corrected chi connectivity index (χ3v) is 9.37. The maximum Gasteiger partial charge on any atom is 0.213 e. The molecule has 0 aromatic carbocycles. The van der Waals surface area contributed by atoms with Crippen molar-refractivity contribution in [3.05, 3.63) is 51.7 Å². The van der Waals surface area contributed by atoms with Crippen LogP contribution in [0.4, 0.5) is 4.39 Å². The predicted molar refractivity (Wildman–Crippen MR) is 125 cm³/mol. The number of sulfonamides is 1. The van der Waals surface area contributed by atoms with Gasteiger partial charge in [-0.2, -0.15) is 4.39 Å². The van der Waals surface area contributed by atoms with Crippen LogP contribution < -0.4 is 4.72 Å². The van der Waals surface area contributed by atoms with Crippen LogP contribution in [-0.4, -0.2) is 43.2 Å². The average Bonchev–Trinajstić information content (AvgIpc) is 3.32. The summed E-state index contributed by atoms with van der Waals surface area (Å²) < 4.78 is 41.2. The summed E-state index contributed by atoms with van der Waals surface area (Å²) in [6.45, 7) is 11.8. The Morgan fingerprint density at radius 3 is 2.61 bits per heavy atom. The average molecular weight is 468 g/mol. The Bertz CT molecular complexity index is 987. The van der Waals surface area contributed by atoms with E-state index >= 15 is 0 Å². The van der Waals surface area contributed by atoms with Crippen molar-refractivity contribution in [3.63, 3.8) is 0 Å². The van der Waals surface area contributed by atoms with Gasteiger partial charge in [-0.15, -0.1) is 11.3 Å². The topological polar surface area (TPSA) is 62.3 Å². The molecule has 1 atom stereocenters. The third-order valence-electron chi connectivity index (χ3n) is 6.65. The van der Waals surface area contributed by atoms with E-state index in [1.54, 1.807) is 13.8 Å². The van der Waals surface area contributed by atoms with E-state index in [9.17, 15) is 12.8 Å². The van der Waals surface area contributed by atoms with Crippen molar-refractivity contribution in [2.24, 2.45) is 5.41 Å². The van der Waals surface area contributed by atoms with Gasteiger partial charge in [-0.1, -0.05) is 6.07 Å². The highest BCUT2D eigenvalue weighted by Crippen LogP contribution is 2.41. The summed E-state index contributed by atoms with van der Waals surface area (Å²) >= 11 is 1.18. The van der Waals surface area contributed by atoms with Crippen LogP contribution in [-0.2, 0) is 22.0 Å². The molecule has 0 saturated carbocycles. The molecule has 1 aliphatic heterocycles. The van der Waals surface area contributed by atoms with Crippen LogP contribution in [0.3, 0.4) is 0 Å². The Hall–Kier alpha value is -1.35. The predicted octanol–water partition coefficient (Wildman–Crippen LogP) is 4.48. The van der Waals surface area contributed by atoms with Gasteiger partial charge in [0.05, 0.1) is 5.25 Å². The standard InChI is InChI=1S/C23H34FN3O2S2/c1-17(2)31(28,29)26-15-23(11-10-20-8-9-21(24)30-20)12-13-27(16-23)22(4,5)19-7-6-18(3)25-14-19/h6-9,14,17,26H,10-13,15-16H2,1-5H3. The minimum absolute atomic E-state index is 0.175. The minimum Gasteiger partial charge on any atom is -0.293 e. The number of likely N-dealkylation sites (tertiary alicyclic amines) is 1. The van der Waals surface area contributed by atoms with Gasteiger partial charge in [-0.25, -0.2) is 13.1 Å². The molecule has 0 bridgehead atoms. The number of pyridine rings is 1.